The van der Waals surface area contributed by atoms with Crippen molar-refractivity contribution in [2.45, 2.75) is 33.1 Å². The Morgan fingerprint density at radius 2 is 2.00 bits per heavy atom. The molecule has 1 aliphatic rings. The largest absolute Gasteiger partial charge is 0.126 e. The van der Waals surface area contributed by atoms with E-state index in [1.807, 2.05) is 0 Å². The molecule has 10 heavy (non-hydrogen) atoms. The van der Waals surface area contributed by atoms with Gasteiger partial charge in [0.1, 0.15) is 0 Å². The van der Waals surface area contributed by atoms with E-state index in [2.05, 4.69) is 13.8 Å². The lowest BCUT2D eigenvalue weighted by molar-refractivity contribution is 0.179. The summed E-state index contributed by atoms with van der Waals surface area (Å²) in [5.74, 6) is 3.39. The highest BCUT2D eigenvalue weighted by molar-refractivity contribution is 6.18. The standard InChI is InChI=1S/C9H17Cl/c1-7(2)9(6-10)8-4-3-5-8/h7-9H,3-6H2,1-2H3. The maximum atomic E-state index is 5.87. The molecule has 0 heterocycles. The lowest BCUT2D eigenvalue weighted by Gasteiger charge is -2.35. The molecule has 1 unspecified atom stereocenters. The van der Waals surface area contributed by atoms with Crippen molar-refractivity contribution in [3.63, 3.8) is 0 Å². The van der Waals surface area contributed by atoms with Crippen LogP contribution in [0.25, 0.3) is 0 Å². The van der Waals surface area contributed by atoms with Crippen LogP contribution in [0.4, 0.5) is 0 Å². The van der Waals surface area contributed by atoms with E-state index in [1.54, 1.807) is 0 Å². The minimum atomic E-state index is 0.780. The molecule has 1 atom stereocenters. The maximum Gasteiger partial charge on any atom is 0.0256 e. The van der Waals surface area contributed by atoms with Crippen LogP contribution in [-0.2, 0) is 0 Å². The zero-order chi connectivity index (χ0) is 7.56. The van der Waals surface area contributed by atoms with E-state index in [-0.39, 0.29) is 0 Å². The third-order valence-electron chi connectivity index (χ3n) is 2.79. The smallest absolute Gasteiger partial charge is 0.0256 e. The van der Waals surface area contributed by atoms with Crippen LogP contribution in [0.5, 0.6) is 0 Å². The minimum Gasteiger partial charge on any atom is -0.126 e. The predicted molar refractivity (Wildman–Crippen MR) is 46.4 cm³/mol. The minimum absolute atomic E-state index is 0.780. The molecule has 0 radical (unpaired) electrons. The molecule has 0 spiro atoms. The van der Waals surface area contributed by atoms with Gasteiger partial charge in [0.15, 0.2) is 0 Å². The summed E-state index contributed by atoms with van der Waals surface area (Å²) < 4.78 is 0. The first-order valence-corrected chi connectivity index (χ1v) is 4.85. The first-order valence-electron chi connectivity index (χ1n) is 4.31. The second-order valence-corrected chi connectivity index (χ2v) is 4.06. The number of halogens is 1. The monoisotopic (exact) mass is 160 g/mol. The Balaban J connectivity index is 2.31. The highest BCUT2D eigenvalue weighted by Crippen LogP contribution is 2.37. The molecule has 0 aromatic heterocycles. The van der Waals surface area contributed by atoms with Gasteiger partial charge >= 0.3 is 0 Å². The van der Waals surface area contributed by atoms with E-state index in [0.717, 1.165) is 23.6 Å². The molecule has 1 heteroatoms. The van der Waals surface area contributed by atoms with E-state index < -0.39 is 0 Å². The maximum absolute atomic E-state index is 5.87. The number of hydrogen-bond donors (Lipinski definition) is 0. The van der Waals surface area contributed by atoms with Crippen LogP contribution in [0.3, 0.4) is 0 Å². The van der Waals surface area contributed by atoms with E-state index in [0.29, 0.717) is 0 Å². The van der Waals surface area contributed by atoms with Crippen LogP contribution in [0.2, 0.25) is 0 Å². The van der Waals surface area contributed by atoms with Crippen LogP contribution in [0.1, 0.15) is 33.1 Å². The predicted octanol–water partition coefficient (Wildman–Crippen LogP) is 3.30. The van der Waals surface area contributed by atoms with Crippen LogP contribution in [0, 0.1) is 17.8 Å². The fourth-order valence-electron chi connectivity index (χ4n) is 1.72. The third-order valence-corrected chi connectivity index (χ3v) is 3.15. The van der Waals surface area contributed by atoms with Gasteiger partial charge < -0.3 is 0 Å². The molecule has 0 aromatic carbocycles. The second kappa shape index (κ2) is 3.61. The van der Waals surface area contributed by atoms with Gasteiger partial charge in [-0.15, -0.1) is 11.6 Å². The summed E-state index contributed by atoms with van der Waals surface area (Å²) in [6.45, 7) is 4.57. The van der Waals surface area contributed by atoms with Crippen LogP contribution < -0.4 is 0 Å². The Kier molecular flexibility index (Phi) is 3.03. The summed E-state index contributed by atoms with van der Waals surface area (Å²) in [7, 11) is 0. The van der Waals surface area contributed by atoms with Crippen LogP contribution in [0.15, 0.2) is 0 Å². The van der Waals surface area contributed by atoms with Gasteiger partial charge in [-0.1, -0.05) is 33.1 Å². The van der Waals surface area contributed by atoms with Gasteiger partial charge in [0.2, 0.25) is 0 Å². The Morgan fingerprint density at radius 1 is 1.40 bits per heavy atom. The average Bonchev–Trinajstić information content (AvgIpc) is 1.76. The van der Waals surface area contributed by atoms with Gasteiger partial charge in [-0.05, 0) is 17.8 Å². The van der Waals surface area contributed by atoms with E-state index in [9.17, 15) is 0 Å². The molecule has 0 aromatic rings. The molecular weight excluding hydrogens is 144 g/mol. The lowest BCUT2D eigenvalue weighted by Crippen LogP contribution is -2.27. The third kappa shape index (κ3) is 1.66. The molecular formula is C9H17Cl. The topological polar surface area (TPSA) is 0 Å². The highest BCUT2D eigenvalue weighted by Gasteiger charge is 2.28. The molecule has 1 saturated carbocycles. The highest BCUT2D eigenvalue weighted by atomic mass is 35.5. The fourth-order valence-corrected chi connectivity index (χ4v) is 2.32. The van der Waals surface area contributed by atoms with Gasteiger partial charge in [0.25, 0.3) is 0 Å². The molecule has 0 amide bonds. The van der Waals surface area contributed by atoms with Crippen LogP contribution >= 0.6 is 11.6 Å². The van der Waals surface area contributed by atoms with Crippen molar-refractivity contribution in [2.24, 2.45) is 17.8 Å². The zero-order valence-corrected chi connectivity index (χ0v) is 7.69. The van der Waals surface area contributed by atoms with Gasteiger partial charge in [-0.2, -0.15) is 0 Å². The molecule has 0 aliphatic heterocycles. The van der Waals surface area contributed by atoms with Crippen molar-refractivity contribution in [3.05, 3.63) is 0 Å². The first kappa shape index (κ1) is 8.39. The average molecular weight is 161 g/mol. The Bertz CT molecular complexity index is 94.9. The number of alkyl halides is 1. The van der Waals surface area contributed by atoms with E-state index >= 15 is 0 Å². The van der Waals surface area contributed by atoms with Crippen molar-refractivity contribution in [2.75, 3.05) is 5.88 Å². The molecule has 0 nitrogen and oxygen atoms in total. The van der Waals surface area contributed by atoms with Gasteiger partial charge in [0.05, 0.1) is 0 Å². The zero-order valence-electron chi connectivity index (χ0n) is 6.94. The summed E-state index contributed by atoms with van der Waals surface area (Å²) in [6, 6.07) is 0. The number of rotatable bonds is 3. The van der Waals surface area contributed by atoms with Crippen molar-refractivity contribution >= 4 is 11.6 Å². The quantitative estimate of drug-likeness (QED) is 0.556. The molecule has 1 rings (SSSR count). The van der Waals surface area contributed by atoms with Crippen molar-refractivity contribution in [1.29, 1.82) is 0 Å². The van der Waals surface area contributed by atoms with Gasteiger partial charge in [0, 0.05) is 5.88 Å². The summed E-state index contributed by atoms with van der Waals surface area (Å²) in [5, 5.41) is 0. The van der Waals surface area contributed by atoms with Crippen molar-refractivity contribution in [1.82, 2.24) is 0 Å². The van der Waals surface area contributed by atoms with E-state index in [1.165, 1.54) is 19.3 Å². The van der Waals surface area contributed by atoms with Gasteiger partial charge in [-0.3, -0.25) is 0 Å². The molecule has 1 fully saturated rings. The summed E-state index contributed by atoms with van der Waals surface area (Å²) in [6.07, 6.45) is 4.29. The lowest BCUT2D eigenvalue weighted by atomic mass is 9.72. The van der Waals surface area contributed by atoms with Crippen molar-refractivity contribution < 1.29 is 0 Å². The Labute approximate surface area is 69.0 Å². The molecule has 0 saturated heterocycles. The SMILES string of the molecule is CC(C)C(CCl)C1CCC1. The Morgan fingerprint density at radius 3 is 2.10 bits per heavy atom. The number of hydrogen-bond acceptors (Lipinski definition) is 0. The molecule has 0 N–H and O–H groups in total. The summed E-state index contributed by atoms with van der Waals surface area (Å²) in [5.41, 5.74) is 0. The molecule has 0 bridgehead atoms. The summed E-state index contributed by atoms with van der Waals surface area (Å²) in [4.78, 5) is 0. The normalized spacial score (nSPS) is 22.8. The van der Waals surface area contributed by atoms with E-state index in [4.69, 9.17) is 11.6 Å². The fraction of sp³-hybridized carbons (Fsp3) is 1.00. The first-order chi connectivity index (χ1) is 4.75. The molecule has 60 valence electrons. The second-order valence-electron chi connectivity index (χ2n) is 3.75. The Hall–Kier alpha value is 0.290. The van der Waals surface area contributed by atoms with Crippen molar-refractivity contribution in [3.8, 4) is 0 Å². The molecule has 1 aliphatic carbocycles. The van der Waals surface area contributed by atoms with Crippen LogP contribution in [-0.4, -0.2) is 5.88 Å². The van der Waals surface area contributed by atoms with Gasteiger partial charge in [-0.25, -0.2) is 0 Å². The summed E-state index contributed by atoms with van der Waals surface area (Å²) >= 11 is 5.87.